The highest BCUT2D eigenvalue weighted by atomic mass is 16.5. The zero-order valence-electron chi connectivity index (χ0n) is 11.9. The Morgan fingerprint density at radius 3 is 2.24 bits per heavy atom. The summed E-state index contributed by atoms with van der Waals surface area (Å²) in [7, 11) is 1.64. The Morgan fingerprint density at radius 2 is 1.82 bits per heavy atom. The van der Waals surface area contributed by atoms with E-state index in [9.17, 15) is 4.79 Å². The van der Waals surface area contributed by atoms with Gasteiger partial charge in [0.1, 0.15) is 0 Å². The average molecular weight is 244 g/mol. The summed E-state index contributed by atoms with van der Waals surface area (Å²) in [5.41, 5.74) is 5.93. The number of carbonyl (C=O) groups excluding carboxylic acids is 1. The number of carbonyl (C=O) groups is 1. The summed E-state index contributed by atoms with van der Waals surface area (Å²) in [6.45, 7) is 10.3. The summed E-state index contributed by atoms with van der Waals surface area (Å²) in [5, 5.41) is 0. The van der Waals surface area contributed by atoms with Gasteiger partial charge < -0.3 is 15.4 Å². The van der Waals surface area contributed by atoms with Crippen LogP contribution >= 0.6 is 0 Å². The van der Waals surface area contributed by atoms with Crippen molar-refractivity contribution in [1.82, 2.24) is 4.90 Å². The van der Waals surface area contributed by atoms with Crippen LogP contribution in [0.5, 0.6) is 0 Å². The van der Waals surface area contributed by atoms with Crippen molar-refractivity contribution in [2.45, 2.75) is 40.2 Å². The Balaban J connectivity index is 4.38. The topological polar surface area (TPSA) is 55.6 Å². The fraction of sp³-hybridized carbons (Fsp3) is 0.923. The summed E-state index contributed by atoms with van der Waals surface area (Å²) in [5.74, 6) is 0.934. The summed E-state index contributed by atoms with van der Waals surface area (Å²) in [4.78, 5) is 14.0. The molecule has 1 atom stereocenters. The van der Waals surface area contributed by atoms with Crippen LogP contribution in [0.4, 0.5) is 0 Å². The Labute approximate surface area is 105 Å². The lowest BCUT2D eigenvalue weighted by molar-refractivity contribution is -0.134. The lowest BCUT2D eigenvalue weighted by Crippen LogP contribution is -2.46. The van der Waals surface area contributed by atoms with Crippen molar-refractivity contribution < 1.29 is 9.53 Å². The average Bonchev–Trinajstić information content (AvgIpc) is 2.21. The molecule has 0 aliphatic heterocycles. The molecule has 0 saturated heterocycles. The van der Waals surface area contributed by atoms with Crippen LogP contribution in [0, 0.1) is 11.8 Å². The van der Waals surface area contributed by atoms with E-state index in [1.54, 1.807) is 7.11 Å². The fourth-order valence-corrected chi connectivity index (χ4v) is 1.78. The van der Waals surface area contributed by atoms with Gasteiger partial charge in [-0.2, -0.15) is 0 Å². The molecule has 0 radical (unpaired) electrons. The van der Waals surface area contributed by atoms with Gasteiger partial charge in [-0.1, -0.05) is 27.7 Å². The molecule has 0 unspecified atom stereocenters. The number of hydrogen-bond donors (Lipinski definition) is 1. The summed E-state index contributed by atoms with van der Waals surface area (Å²) in [6, 6.07) is -0.384. The predicted molar refractivity (Wildman–Crippen MR) is 70.7 cm³/mol. The van der Waals surface area contributed by atoms with Gasteiger partial charge >= 0.3 is 0 Å². The summed E-state index contributed by atoms with van der Waals surface area (Å²) >= 11 is 0. The Hall–Kier alpha value is -0.610. The molecule has 0 saturated carbocycles. The molecule has 0 aromatic heterocycles. The largest absolute Gasteiger partial charge is 0.383 e. The van der Waals surface area contributed by atoms with Crippen LogP contribution in [0.15, 0.2) is 0 Å². The van der Waals surface area contributed by atoms with Gasteiger partial charge in [-0.25, -0.2) is 0 Å². The highest BCUT2D eigenvalue weighted by Crippen LogP contribution is 2.07. The van der Waals surface area contributed by atoms with Gasteiger partial charge in [0.2, 0.25) is 5.91 Å². The van der Waals surface area contributed by atoms with E-state index >= 15 is 0 Å². The highest BCUT2D eigenvalue weighted by molar-refractivity contribution is 5.81. The molecule has 4 heteroatoms. The lowest BCUT2D eigenvalue weighted by atomic mass is 10.0. The molecule has 17 heavy (non-hydrogen) atoms. The van der Waals surface area contributed by atoms with Gasteiger partial charge in [0, 0.05) is 20.2 Å². The SMILES string of the molecule is COCCN(CC(C)C)C(=O)[C@H](N)CC(C)C. The molecule has 0 spiro atoms. The third-order valence-corrected chi connectivity index (χ3v) is 2.51. The van der Waals surface area contributed by atoms with Crippen molar-refractivity contribution in [3.8, 4) is 0 Å². The molecule has 0 aliphatic rings. The Morgan fingerprint density at radius 1 is 1.24 bits per heavy atom. The van der Waals surface area contributed by atoms with E-state index in [0.717, 1.165) is 13.0 Å². The number of rotatable bonds is 8. The monoisotopic (exact) mass is 244 g/mol. The van der Waals surface area contributed by atoms with Gasteiger partial charge in [0.05, 0.1) is 12.6 Å². The normalized spacial score (nSPS) is 13.2. The third kappa shape index (κ3) is 7.34. The molecule has 4 nitrogen and oxygen atoms in total. The lowest BCUT2D eigenvalue weighted by Gasteiger charge is -2.27. The van der Waals surface area contributed by atoms with E-state index in [-0.39, 0.29) is 11.9 Å². The van der Waals surface area contributed by atoms with Crippen LogP contribution < -0.4 is 5.73 Å². The van der Waals surface area contributed by atoms with Crippen molar-refractivity contribution in [2.75, 3.05) is 26.8 Å². The molecule has 0 rings (SSSR count). The molecular weight excluding hydrogens is 216 g/mol. The fourth-order valence-electron chi connectivity index (χ4n) is 1.78. The minimum Gasteiger partial charge on any atom is -0.383 e. The molecule has 0 heterocycles. The first kappa shape index (κ1) is 16.4. The minimum absolute atomic E-state index is 0.0458. The van der Waals surface area contributed by atoms with Crippen molar-refractivity contribution in [3.05, 3.63) is 0 Å². The van der Waals surface area contributed by atoms with Gasteiger partial charge in [-0.3, -0.25) is 4.79 Å². The molecule has 0 aliphatic carbocycles. The second-order valence-electron chi connectivity index (χ2n) is 5.41. The smallest absolute Gasteiger partial charge is 0.239 e. The maximum absolute atomic E-state index is 12.2. The van der Waals surface area contributed by atoms with Gasteiger partial charge in [0.15, 0.2) is 0 Å². The zero-order chi connectivity index (χ0) is 13.4. The van der Waals surface area contributed by atoms with Crippen molar-refractivity contribution >= 4 is 5.91 Å². The summed E-state index contributed by atoms with van der Waals surface area (Å²) in [6.07, 6.45) is 0.737. The maximum atomic E-state index is 12.2. The predicted octanol–water partition coefficient (Wildman–Crippen LogP) is 1.49. The number of nitrogens with zero attached hydrogens (tertiary/aromatic N) is 1. The van der Waals surface area contributed by atoms with E-state index < -0.39 is 0 Å². The first-order valence-electron chi connectivity index (χ1n) is 6.41. The molecule has 0 aromatic rings. The van der Waals surface area contributed by atoms with Crippen molar-refractivity contribution in [1.29, 1.82) is 0 Å². The van der Waals surface area contributed by atoms with Gasteiger partial charge in [-0.05, 0) is 18.3 Å². The molecule has 102 valence electrons. The second-order valence-corrected chi connectivity index (χ2v) is 5.41. The molecule has 0 aromatic carbocycles. The molecule has 1 amide bonds. The number of amides is 1. The third-order valence-electron chi connectivity index (χ3n) is 2.51. The molecular formula is C13H28N2O2. The number of hydrogen-bond acceptors (Lipinski definition) is 3. The van der Waals surface area contributed by atoms with Crippen LogP contribution in [0.2, 0.25) is 0 Å². The Kier molecular flexibility index (Phi) is 8.17. The first-order valence-corrected chi connectivity index (χ1v) is 6.41. The zero-order valence-corrected chi connectivity index (χ0v) is 11.9. The van der Waals surface area contributed by atoms with Crippen molar-refractivity contribution in [2.24, 2.45) is 17.6 Å². The van der Waals surface area contributed by atoms with E-state index in [4.69, 9.17) is 10.5 Å². The van der Waals surface area contributed by atoms with Crippen LogP contribution in [0.3, 0.4) is 0 Å². The molecule has 0 bridgehead atoms. The highest BCUT2D eigenvalue weighted by Gasteiger charge is 2.22. The van der Waals surface area contributed by atoms with Gasteiger partial charge in [0.25, 0.3) is 0 Å². The van der Waals surface area contributed by atoms with Crippen LogP contribution in [-0.2, 0) is 9.53 Å². The number of ether oxygens (including phenoxy) is 1. The van der Waals surface area contributed by atoms with E-state index in [1.807, 2.05) is 4.90 Å². The minimum atomic E-state index is -0.384. The van der Waals surface area contributed by atoms with Crippen molar-refractivity contribution in [3.63, 3.8) is 0 Å². The number of methoxy groups -OCH3 is 1. The number of nitrogens with two attached hydrogens (primary N) is 1. The Bertz CT molecular complexity index is 217. The molecule has 0 fully saturated rings. The van der Waals surface area contributed by atoms with Crippen LogP contribution in [-0.4, -0.2) is 43.7 Å². The van der Waals surface area contributed by atoms with Gasteiger partial charge in [-0.15, -0.1) is 0 Å². The van der Waals surface area contributed by atoms with Crippen LogP contribution in [0.1, 0.15) is 34.1 Å². The maximum Gasteiger partial charge on any atom is 0.239 e. The van der Waals surface area contributed by atoms with E-state index in [1.165, 1.54) is 0 Å². The standard InChI is InChI=1S/C13H28N2O2/c1-10(2)8-12(14)13(16)15(6-7-17-5)9-11(3)4/h10-12H,6-9,14H2,1-5H3/t12-/m1/s1. The van der Waals surface area contributed by atoms with E-state index in [2.05, 4.69) is 27.7 Å². The van der Waals surface area contributed by atoms with E-state index in [0.29, 0.717) is 25.0 Å². The summed E-state index contributed by atoms with van der Waals surface area (Å²) < 4.78 is 5.03. The quantitative estimate of drug-likeness (QED) is 0.704. The molecule has 2 N–H and O–H groups in total. The van der Waals surface area contributed by atoms with Crippen LogP contribution in [0.25, 0.3) is 0 Å². The second kappa shape index (κ2) is 8.48. The first-order chi connectivity index (χ1) is 7.88.